The monoisotopic (exact) mass is 174 g/mol. The van der Waals surface area contributed by atoms with E-state index in [1.54, 1.807) is 0 Å². The van der Waals surface area contributed by atoms with Crippen LogP contribution < -0.4 is 0 Å². The summed E-state index contributed by atoms with van der Waals surface area (Å²) in [6.07, 6.45) is 0.552. The molecule has 0 fully saturated rings. The molecule has 4 nitrogen and oxygen atoms in total. The first-order valence-corrected chi connectivity index (χ1v) is 3.95. The van der Waals surface area contributed by atoms with Crippen molar-refractivity contribution < 1.29 is 19.4 Å². The van der Waals surface area contributed by atoms with Crippen molar-refractivity contribution in [2.75, 3.05) is 0 Å². The second kappa shape index (κ2) is 5.71. The maximum absolute atomic E-state index is 10.7. The van der Waals surface area contributed by atoms with Gasteiger partial charge in [-0.1, -0.05) is 13.3 Å². The molecule has 0 saturated carbocycles. The van der Waals surface area contributed by atoms with Crippen LogP contribution in [0, 0.1) is 0 Å². The summed E-state index contributed by atoms with van der Waals surface area (Å²) in [6, 6.07) is 0. The number of esters is 2. The molecule has 70 valence electrons. The molecular weight excluding hydrogens is 160 g/mol. The first kappa shape index (κ1) is 11.1. The quantitative estimate of drug-likeness (QED) is 0.501. The van der Waals surface area contributed by atoms with Gasteiger partial charge in [-0.15, -0.1) is 0 Å². The van der Waals surface area contributed by atoms with Gasteiger partial charge in [0.1, 0.15) is 0 Å². The molecule has 0 aliphatic rings. The van der Waals surface area contributed by atoms with Gasteiger partial charge in [0.15, 0.2) is 0 Å². The van der Waals surface area contributed by atoms with Crippen LogP contribution in [0.25, 0.3) is 0 Å². The fourth-order valence-corrected chi connectivity index (χ4v) is 0.830. The van der Waals surface area contributed by atoms with E-state index in [0.717, 1.165) is 13.3 Å². The van der Waals surface area contributed by atoms with Crippen molar-refractivity contribution in [2.45, 2.75) is 39.2 Å². The second-order valence-electron chi connectivity index (χ2n) is 2.61. The summed E-state index contributed by atoms with van der Waals surface area (Å²) in [7, 11) is 0. The van der Waals surface area contributed by atoms with Gasteiger partial charge in [0.05, 0.1) is 12.5 Å². The van der Waals surface area contributed by atoms with Gasteiger partial charge >= 0.3 is 11.9 Å². The minimum absolute atomic E-state index is 0.104. The summed E-state index contributed by atoms with van der Waals surface area (Å²) in [5, 5.41) is 9.12. The average Bonchev–Trinajstić information content (AvgIpc) is 1.84. The lowest BCUT2D eigenvalue weighted by atomic mass is 10.1. The molecule has 1 N–H and O–H groups in total. The molecular formula is C8H14O4. The van der Waals surface area contributed by atoms with Crippen LogP contribution in [0.5, 0.6) is 0 Å². The maximum atomic E-state index is 10.7. The number of ether oxygens (including phenoxy) is 1. The largest absolute Gasteiger partial charge is 0.393 e. The predicted octanol–water partition coefficient (Wildman–Crippen LogP) is 0.627. The average molecular weight is 174 g/mol. The van der Waals surface area contributed by atoms with Crippen molar-refractivity contribution in [2.24, 2.45) is 0 Å². The summed E-state index contributed by atoms with van der Waals surface area (Å²) in [4.78, 5) is 21.0. The maximum Gasteiger partial charge on any atom is 0.316 e. The second-order valence-corrected chi connectivity index (χ2v) is 2.61. The molecule has 0 rings (SSSR count). The molecule has 0 aliphatic carbocycles. The van der Waals surface area contributed by atoms with Crippen LogP contribution in [0.1, 0.15) is 33.1 Å². The van der Waals surface area contributed by atoms with Crippen LogP contribution in [0.2, 0.25) is 0 Å². The first-order valence-electron chi connectivity index (χ1n) is 3.95. The topological polar surface area (TPSA) is 63.6 Å². The lowest BCUT2D eigenvalue weighted by Gasteiger charge is -2.06. The highest BCUT2D eigenvalue weighted by Crippen LogP contribution is 2.02. The van der Waals surface area contributed by atoms with Gasteiger partial charge in [0, 0.05) is 6.92 Å². The van der Waals surface area contributed by atoms with E-state index in [0.29, 0.717) is 6.42 Å². The number of rotatable bonds is 4. The molecule has 0 aromatic rings. The van der Waals surface area contributed by atoms with E-state index < -0.39 is 18.0 Å². The molecule has 0 amide bonds. The molecule has 0 aliphatic heterocycles. The first-order chi connectivity index (χ1) is 5.56. The normalized spacial score (nSPS) is 12.2. The van der Waals surface area contributed by atoms with Gasteiger partial charge in [-0.2, -0.15) is 0 Å². The van der Waals surface area contributed by atoms with Crippen molar-refractivity contribution >= 4 is 11.9 Å². The number of carbonyl (C=O) groups excluding carboxylic acids is 2. The zero-order chi connectivity index (χ0) is 9.56. The predicted molar refractivity (Wildman–Crippen MR) is 42.3 cm³/mol. The van der Waals surface area contributed by atoms with Crippen LogP contribution in [0.4, 0.5) is 0 Å². The van der Waals surface area contributed by atoms with E-state index in [9.17, 15) is 9.59 Å². The number of hydrogen-bond donors (Lipinski definition) is 1. The summed E-state index contributed by atoms with van der Waals surface area (Å²) in [6.45, 7) is 3.06. The fraction of sp³-hybridized carbons (Fsp3) is 0.750. The van der Waals surface area contributed by atoms with Crippen molar-refractivity contribution in [1.82, 2.24) is 0 Å². The highest BCUT2D eigenvalue weighted by Gasteiger charge is 2.12. The Morgan fingerprint density at radius 1 is 1.50 bits per heavy atom. The summed E-state index contributed by atoms with van der Waals surface area (Å²) in [5.74, 6) is -1.30. The highest BCUT2D eigenvalue weighted by molar-refractivity contribution is 5.84. The zero-order valence-electron chi connectivity index (χ0n) is 7.37. The van der Waals surface area contributed by atoms with Gasteiger partial charge < -0.3 is 9.84 Å². The van der Waals surface area contributed by atoms with Gasteiger partial charge in [-0.05, 0) is 6.42 Å². The Morgan fingerprint density at radius 2 is 2.08 bits per heavy atom. The minimum Gasteiger partial charge on any atom is -0.393 e. The van der Waals surface area contributed by atoms with Crippen LogP contribution in [0.3, 0.4) is 0 Å². The van der Waals surface area contributed by atoms with Crippen molar-refractivity contribution in [1.29, 1.82) is 0 Å². The van der Waals surface area contributed by atoms with E-state index in [1.165, 1.54) is 0 Å². The van der Waals surface area contributed by atoms with E-state index in [4.69, 9.17) is 5.11 Å². The molecule has 0 radical (unpaired) electrons. The lowest BCUT2D eigenvalue weighted by molar-refractivity contribution is -0.159. The number of carbonyl (C=O) groups is 2. The molecule has 0 heterocycles. The number of hydrogen-bond acceptors (Lipinski definition) is 4. The van der Waals surface area contributed by atoms with Crippen molar-refractivity contribution in [3.05, 3.63) is 0 Å². The molecule has 4 heteroatoms. The molecule has 0 aromatic heterocycles. The third-order valence-electron chi connectivity index (χ3n) is 1.28. The van der Waals surface area contributed by atoms with Gasteiger partial charge in [-0.25, -0.2) is 0 Å². The summed E-state index contributed by atoms with van der Waals surface area (Å²) in [5.41, 5.74) is 0. The third kappa shape index (κ3) is 5.85. The number of aliphatic hydroxyl groups excluding tert-OH is 1. The number of aliphatic hydroxyl groups is 1. The standard InChI is InChI=1S/C8H14O4/c1-3-4-7(10)5-8(11)12-6(2)9/h7,10H,3-5H2,1-2H3. The molecule has 1 atom stereocenters. The third-order valence-corrected chi connectivity index (χ3v) is 1.28. The summed E-state index contributed by atoms with van der Waals surface area (Å²) < 4.78 is 4.23. The van der Waals surface area contributed by atoms with Crippen LogP contribution in [-0.4, -0.2) is 23.1 Å². The Kier molecular flexibility index (Phi) is 5.28. The van der Waals surface area contributed by atoms with Crippen molar-refractivity contribution in [3.8, 4) is 0 Å². The Labute approximate surface area is 71.5 Å². The van der Waals surface area contributed by atoms with Crippen molar-refractivity contribution in [3.63, 3.8) is 0 Å². The molecule has 0 aromatic carbocycles. The van der Waals surface area contributed by atoms with E-state index in [2.05, 4.69) is 4.74 Å². The van der Waals surface area contributed by atoms with Crippen LogP contribution in [-0.2, 0) is 14.3 Å². The molecule has 0 saturated heterocycles. The van der Waals surface area contributed by atoms with Crippen LogP contribution in [0.15, 0.2) is 0 Å². The van der Waals surface area contributed by atoms with Gasteiger partial charge in [0.2, 0.25) is 0 Å². The fourth-order valence-electron chi connectivity index (χ4n) is 0.830. The molecule has 0 spiro atoms. The van der Waals surface area contributed by atoms with Gasteiger partial charge in [-0.3, -0.25) is 9.59 Å². The van der Waals surface area contributed by atoms with E-state index in [1.807, 2.05) is 6.92 Å². The van der Waals surface area contributed by atoms with E-state index in [-0.39, 0.29) is 6.42 Å². The molecule has 1 unspecified atom stereocenters. The highest BCUT2D eigenvalue weighted by atomic mass is 16.6. The molecule has 12 heavy (non-hydrogen) atoms. The SMILES string of the molecule is CCCC(O)CC(=O)OC(C)=O. The Balaban J connectivity index is 3.61. The zero-order valence-corrected chi connectivity index (χ0v) is 7.37. The van der Waals surface area contributed by atoms with Crippen LogP contribution >= 0.6 is 0 Å². The molecule has 0 bridgehead atoms. The summed E-state index contributed by atoms with van der Waals surface area (Å²) >= 11 is 0. The smallest absolute Gasteiger partial charge is 0.316 e. The van der Waals surface area contributed by atoms with Gasteiger partial charge in [0.25, 0.3) is 0 Å². The Morgan fingerprint density at radius 3 is 2.50 bits per heavy atom. The minimum atomic E-state index is -0.693. The lowest BCUT2D eigenvalue weighted by Crippen LogP contribution is -2.17. The Hall–Kier alpha value is -0.900. The Bertz CT molecular complexity index is 164. The van der Waals surface area contributed by atoms with E-state index >= 15 is 0 Å².